The molecule has 0 radical (unpaired) electrons. The number of imidazole rings is 1. The predicted octanol–water partition coefficient (Wildman–Crippen LogP) is 6.41. The van der Waals surface area contributed by atoms with Crippen LogP contribution in [0.5, 0.6) is 11.8 Å². The molecule has 3 aromatic carbocycles. The van der Waals surface area contributed by atoms with Gasteiger partial charge in [-0.2, -0.15) is 4.98 Å². The Labute approximate surface area is 171 Å². The van der Waals surface area contributed by atoms with Gasteiger partial charge in [0.2, 0.25) is 0 Å². The lowest BCUT2D eigenvalue weighted by Gasteiger charge is -2.07. The lowest BCUT2D eigenvalue weighted by Crippen LogP contribution is -1.93. The Morgan fingerprint density at radius 1 is 0.967 bits per heavy atom. The average molecular weight is 403 g/mol. The highest BCUT2D eigenvalue weighted by molar-refractivity contribution is 5.89. The molecule has 0 atom stereocenters. The Bertz CT molecular complexity index is 1430. The second-order valence-electron chi connectivity index (χ2n) is 7.53. The average Bonchev–Trinajstić information content (AvgIpc) is 3.28. The number of H-pyrrole nitrogens is 1. The molecule has 6 heteroatoms. The number of hydrogen-bond donors (Lipinski definition) is 1. The monoisotopic (exact) mass is 403 g/mol. The first-order chi connectivity index (χ1) is 14.4. The van der Waals surface area contributed by atoms with Gasteiger partial charge in [-0.15, -0.1) is 0 Å². The molecule has 1 N–H and O–H groups in total. The van der Waals surface area contributed by atoms with Gasteiger partial charge < -0.3 is 14.3 Å². The van der Waals surface area contributed by atoms with Gasteiger partial charge in [-0.25, -0.2) is 8.78 Å². The van der Waals surface area contributed by atoms with E-state index < -0.39 is 11.6 Å². The maximum absolute atomic E-state index is 15.3. The highest BCUT2D eigenvalue weighted by Crippen LogP contribution is 2.34. The molecule has 0 aliphatic rings. The van der Waals surface area contributed by atoms with Crippen molar-refractivity contribution in [3.05, 3.63) is 77.5 Å². The van der Waals surface area contributed by atoms with Crippen molar-refractivity contribution < 1.29 is 13.5 Å². The molecule has 0 unspecified atom stereocenters. The quantitative estimate of drug-likeness (QED) is 0.378. The van der Waals surface area contributed by atoms with E-state index in [1.54, 1.807) is 12.1 Å². The third kappa shape index (κ3) is 2.92. The van der Waals surface area contributed by atoms with Crippen LogP contribution in [0.2, 0.25) is 0 Å². The largest absolute Gasteiger partial charge is 0.426 e. The van der Waals surface area contributed by atoms with Gasteiger partial charge in [0.15, 0.2) is 5.82 Å². The lowest BCUT2D eigenvalue weighted by molar-refractivity contribution is 0.448. The minimum Gasteiger partial charge on any atom is -0.426 e. The van der Waals surface area contributed by atoms with E-state index in [2.05, 4.69) is 9.97 Å². The normalized spacial score (nSPS) is 11.5. The standard InChI is InChI=1S/C24H19F2N3O/c1-13-4-6-17(10-14(13)2)30-24-27-19-12-18(25)21(22(26)23(19)28-24)16-5-7-20-15(11-16)8-9-29(20)3/h4-12H,1-3H3,(H,27,28). The summed E-state index contributed by atoms with van der Waals surface area (Å²) < 4.78 is 37.9. The van der Waals surface area contributed by atoms with Gasteiger partial charge in [-0.3, -0.25) is 0 Å². The van der Waals surface area contributed by atoms with Gasteiger partial charge in [0.05, 0.1) is 11.1 Å². The summed E-state index contributed by atoms with van der Waals surface area (Å²) in [7, 11) is 1.93. The Morgan fingerprint density at radius 2 is 1.80 bits per heavy atom. The number of halogens is 2. The Morgan fingerprint density at radius 3 is 2.60 bits per heavy atom. The van der Waals surface area contributed by atoms with E-state index in [1.807, 2.05) is 62.0 Å². The fourth-order valence-corrected chi connectivity index (χ4v) is 3.70. The van der Waals surface area contributed by atoms with Gasteiger partial charge in [-0.1, -0.05) is 12.1 Å². The lowest BCUT2D eigenvalue weighted by atomic mass is 10.0. The molecule has 5 aromatic rings. The number of nitrogens with zero attached hydrogens (tertiary/aromatic N) is 2. The third-order valence-electron chi connectivity index (χ3n) is 5.51. The smallest absolute Gasteiger partial charge is 0.300 e. The highest BCUT2D eigenvalue weighted by Gasteiger charge is 2.20. The molecule has 0 fully saturated rings. The Hall–Kier alpha value is -3.67. The van der Waals surface area contributed by atoms with E-state index in [0.717, 1.165) is 22.0 Å². The zero-order valence-corrected chi connectivity index (χ0v) is 16.8. The molecule has 4 nitrogen and oxygen atoms in total. The van der Waals surface area contributed by atoms with Crippen LogP contribution in [0.3, 0.4) is 0 Å². The summed E-state index contributed by atoms with van der Waals surface area (Å²) in [6.45, 7) is 3.98. The summed E-state index contributed by atoms with van der Waals surface area (Å²) in [5, 5.41) is 0.912. The van der Waals surface area contributed by atoms with E-state index in [1.165, 1.54) is 6.07 Å². The summed E-state index contributed by atoms with van der Waals surface area (Å²) in [5.41, 5.74) is 3.85. The number of fused-ring (bicyclic) bond motifs is 2. The van der Waals surface area contributed by atoms with E-state index in [4.69, 9.17) is 4.74 Å². The maximum Gasteiger partial charge on any atom is 0.300 e. The second kappa shape index (κ2) is 6.69. The summed E-state index contributed by atoms with van der Waals surface area (Å²) in [4.78, 5) is 7.08. The number of ether oxygens (including phenoxy) is 1. The topological polar surface area (TPSA) is 42.8 Å². The first-order valence-corrected chi connectivity index (χ1v) is 9.59. The second-order valence-corrected chi connectivity index (χ2v) is 7.53. The van der Waals surface area contributed by atoms with Crippen LogP contribution in [-0.4, -0.2) is 14.5 Å². The highest BCUT2D eigenvalue weighted by atomic mass is 19.1. The molecule has 2 aromatic heterocycles. The summed E-state index contributed by atoms with van der Waals surface area (Å²) >= 11 is 0. The van der Waals surface area contributed by atoms with Crippen molar-refractivity contribution in [2.45, 2.75) is 13.8 Å². The Balaban J connectivity index is 1.59. The Kier molecular flexibility index (Phi) is 4.10. The van der Waals surface area contributed by atoms with Gasteiger partial charge >= 0.3 is 0 Å². The number of hydrogen-bond acceptors (Lipinski definition) is 2. The summed E-state index contributed by atoms with van der Waals surface area (Å²) in [5.74, 6) is -0.795. The van der Waals surface area contributed by atoms with Gasteiger partial charge in [-0.05, 0) is 60.9 Å². The molecule has 5 rings (SSSR count). The fraction of sp³-hybridized carbons (Fsp3) is 0.125. The number of aromatic amines is 1. The number of benzene rings is 3. The van der Waals surface area contributed by atoms with Crippen molar-refractivity contribution in [3.63, 3.8) is 0 Å². The van der Waals surface area contributed by atoms with Crippen molar-refractivity contribution in [1.82, 2.24) is 14.5 Å². The van der Waals surface area contributed by atoms with E-state index >= 15 is 4.39 Å². The number of aromatic nitrogens is 3. The number of nitrogens with one attached hydrogen (secondary N) is 1. The SMILES string of the molecule is Cc1ccc(Oc2nc3c(F)c(-c4ccc5c(ccn5C)c4)c(F)cc3[nH]2)cc1C. The molecule has 0 aliphatic carbocycles. The number of aryl methyl sites for hydroxylation is 3. The van der Waals surface area contributed by atoms with Crippen molar-refractivity contribution in [2.75, 3.05) is 0 Å². The van der Waals surface area contributed by atoms with Crippen molar-refractivity contribution in [3.8, 4) is 22.9 Å². The summed E-state index contributed by atoms with van der Waals surface area (Å²) in [6, 6.07) is 14.3. The summed E-state index contributed by atoms with van der Waals surface area (Å²) in [6.07, 6.45) is 1.91. The molecule has 0 saturated heterocycles. The fourth-order valence-electron chi connectivity index (χ4n) is 3.70. The van der Waals surface area contributed by atoms with Crippen LogP contribution in [0.4, 0.5) is 8.78 Å². The van der Waals surface area contributed by atoms with Crippen LogP contribution in [0, 0.1) is 25.5 Å². The molecule has 0 spiro atoms. The molecular weight excluding hydrogens is 384 g/mol. The minimum atomic E-state index is -0.716. The van der Waals surface area contributed by atoms with Crippen LogP contribution in [0.1, 0.15) is 11.1 Å². The zero-order valence-electron chi connectivity index (χ0n) is 16.8. The van der Waals surface area contributed by atoms with Crippen molar-refractivity contribution >= 4 is 21.9 Å². The molecule has 0 amide bonds. The molecule has 30 heavy (non-hydrogen) atoms. The molecule has 0 saturated carbocycles. The van der Waals surface area contributed by atoms with E-state index in [0.29, 0.717) is 11.3 Å². The molecular formula is C24H19F2N3O. The minimum absolute atomic E-state index is 0.0402. The van der Waals surface area contributed by atoms with Crippen LogP contribution in [0.15, 0.2) is 54.7 Å². The van der Waals surface area contributed by atoms with Gasteiger partial charge in [0, 0.05) is 30.2 Å². The number of rotatable bonds is 3. The predicted molar refractivity (Wildman–Crippen MR) is 114 cm³/mol. The van der Waals surface area contributed by atoms with Crippen molar-refractivity contribution in [2.24, 2.45) is 7.05 Å². The van der Waals surface area contributed by atoms with E-state index in [9.17, 15) is 4.39 Å². The van der Waals surface area contributed by atoms with Crippen LogP contribution in [0.25, 0.3) is 33.1 Å². The maximum atomic E-state index is 15.3. The molecule has 150 valence electrons. The third-order valence-corrected chi connectivity index (χ3v) is 5.51. The first-order valence-electron chi connectivity index (χ1n) is 9.59. The molecule has 0 aliphatic heterocycles. The van der Waals surface area contributed by atoms with E-state index in [-0.39, 0.29) is 22.6 Å². The van der Waals surface area contributed by atoms with Crippen LogP contribution < -0.4 is 4.74 Å². The van der Waals surface area contributed by atoms with Crippen LogP contribution in [-0.2, 0) is 7.05 Å². The van der Waals surface area contributed by atoms with Crippen molar-refractivity contribution in [1.29, 1.82) is 0 Å². The molecule has 0 bridgehead atoms. The zero-order chi connectivity index (χ0) is 21.0. The van der Waals surface area contributed by atoms with Gasteiger partial charge in [0.1, 0.15) is 17.1 Å². The van der Waals surface area contributed by atoms with Crippen LogP contribution >= 0.6 is 0 Å². The van der Waals surface area contributed by atoms with Gasteiger partial charge in [0.25, 0.3) is 6.01 Å². The molecule has 2 heterocycles. The first kappa shape index (κ1) is 18.4.